The van der Waals surface area contributed by atoms with Gasteiger partial charge in [0.2, 0.25) is 16.0 Å². The van der Waals surface area contributed by atoms with E-state index in [0.717, 1.165) is 12.3 Å². The Balaban J connectivity index is 2.79. The van der Waals surface area contributed by atoms with Gasteiger partial charge in [0.25, 0.3) is 0 Å². The minimum atomic E-state index is -3.43. The SMILES string of the molecule is C=CCS(=O)(=O)Nc1ccc(F)nc1. The van der Waals surface area contributed by atoms with Crippen LogP contribution in [0, 0.1) is 5.95 Å². The van der Waals surface area contributed by atoms with Crippen LogP contribution in [0.4, 0.5) is 10.1 Å². The van der Waals surface area contributed by atoms with Crippen LogP contribution in [0.1, 0.15) is 0 Å². The van der Waals surface area contributed by atoms with Gasteiger partial charge in [0.15, 0.2) is 0 Å². The first kappa shape index (κ1) is 10.6. The molecule has 6 heteroatoms. The Morgan fingerprint density at radius 2 is 2.29 bits per heavy atom. The van der Waals surface area contributed by atoms with E-state index < -0.39 is 16.0 Å². The van der Waals surface area contributed by atoms with Crippen molar-refractivity contribution in [2.75, 3.05) is 10.5 Å². The molecule has 0 radical (unpaired) electrons. The fourth-order valence-corrected chi connectivity index (χ4v) is 1.69. The largest absolute Gasteiger partial charge is 0.282 e. The molecule has 1 rings (SSSR count). The highest BCUT2D eigenvalue weighted by atomic mass is 32.2. The van der Waals surface area contributed by atoms with Crippen molar-refractivity contribution in [2.45, 2.75) is 0 Å². The van der Waals surface area contributed by atoms with Gasteiger partial charge in [-0.3, -0.25) is 4.72 Å². The van der Waals surface area contributed by atoms with Crippen molar-refractivity contribution < 1.29 is 12.8 Å². The molecule has 76 valence electrons. The van der Waals surface area contributed by atoms with Crippen molar-refractivity contribution >= 4 is 15.7 Å². The normalized spacial score (nSPS) is 10.9. The number of hydrogen-bond donors (Lipinski definition) is 1. The number of sulfonamides is 1. The van der Waals surface area contributed by atoms with Gasteiger partial charge >= 0.3 is 0 Å². The maximum atomic E-state index is 12.4. The summed E-state index contributed by atoms with van der Waals surface area (Å²) in [5, 5.41) is 0. The Morgan fingerprint density at radius 1 is 1.57 bits per heavy atom. The van der Waals surface area contributed by atoms with Gasteiger partial charge in [-0.15, -0.1) is 6.58 Å². The van der Waals surface area contributed by atoms with Crippen molar-refractivity contribution in [1.82, 2.24) is 4.98 Å². The van der Waals surface area contributed by atoms with Crippen molar-refractivity contribution in [3.8, 4) is 0 Å². The summed E-state index contributed by atoms with van der Waals surface area (Å²) in [5.74, 6) is -0.846. The lowest BCUT2D eigenvalue weighted by Gasteiger charge is -2.04. The molecule has 0 saturated carbocycles. The standard InChI is InChI=1S/C8H9FN2O2S/c1-2-5-14(12,13)11-7-3-4-8(9)10-6-7/h2-4,6,11H,1,5H2. The first-order chi connectivity index (χ1) is 6.53. The highest BCUT2D eigenvalue weighted by Gasteiger charge is 2.07. The summed E-state index contributed by atoms with van der Waals surface area (Å²) in [6, 6.07) is 2.37. The molecule has 0 amide bonds. The van der Waals surface area contributed by atoms with Crippen LogP contribution in [0.25, 0.3) is 0 Å². The van der Waals surface area contributed by atoms with E-state index in [2.05, 4.69) is 16.3 Å². The van der Waals surface area contributed by atoms with E-state index in [1.165, 1.54) is 12.1 Å². The molecule has 0 aliphatic heterocycles. The van der Waals surface area contributed by atoms with E-state index in [1.54, 1.807) is 0 Å². The number of nitrogens with zero attached hydrogens (tertiary/aromatic N) is 1. The third kappa shape index (κ3) is 3.14. The Bertz CT molecular complexity index is 413. The number of pyridine rings is 1. The topological polar surface area (TPSA) is 59.1 Å². The fraction of sp³-hybridized carbons (Fsp3) is 0.125. The molecule has 0 saturated heterocycles. The predicted molar refractivity (Wildman–Crippen MR) is 51.8 cm³/mol. The predicted octanol–water partition coefficient (Wildman–Crippen LogP) is 1.15. The van der Waals surface area contributed by atoms with Gasteiger partial charge in [0.1, 0.15) is 0 Å². The maximum Gasteiger partial charge on any atom is 0.236 e. The van der Waals surface area contributed by atoms with E-state index in [1.807, 2.05) is 0 Å². The van der Waals surface area contributed by atoms with Gasteiger partial charge in [0, 0.05) is 0 Å². The van der Waals surface area contributed by atoms with Crippen molar-refractivity contribution in [3.05, 3.63) is 36.9 Å². The van der Waals surface area contributed by atoms with Crippen molar-refractivity contribution in [1.29, 1.82) is 0 Å². The average Bonchev–Trinajstić information content (AvgIpc) is 2.08. The molecule has 0 aromatic carbocycles. The summed E-state index contributed by atoms with van der Waals surface area (Å²) in [7, 11) is -3.43. The maximum absolute atomic E-state index is 12.4. The quantitative estimate of drug-likeness (QED) is 0.606. The first-order valence-electron chi connectivity index (χ1n) is 3.76. The Hall–Kier alpha value is -1.43. The van der Waals surface area contributed by atoms with Crippen LogP contribution >= 0.6 is 0 Å². The average molecular weight is 216 g/mol. The number of aromatic nitrogens is 1. The molecule has 4 nitrogen and oxygen atoms in total. The molecule has 1 aromatic rings. The van der Waals surface area contributed by atoms with Gasteiger partial charge < -0.3 is 0 Å². The van der Waals surface area contributed by atoms with Gasteiger partial charge in [-0.2, -0.15) is 4.39 Å². The summed E-state index contributed by atoms with van der Waals surface area (Å²) in [6.07, 6.45) is 2.37. The third-order valence-corrected chi connectivity index (χ3v) is 2.56. The summed E-state index contributed by atoms with van der Waals surface area (Å²) in [5.41, 5.74) is 0.230. The lowest BCUT2D eigenvalue weighted by Crippen LogP contribution is -2.15. The lowest BCUT2D eigenvalue weighted by molar-refractivity contribution is 0.583. The van der Waals surface area contributed by atoms with Crippen LogP contribution in [0.15, 0.2) is 31.0 Å². The number of anilines is 1. The zero-order valence-electron chi connectivity index (χ0n) is 7.27. The summed E-state index contributed by atoms with van der Waals surface area (Å²) in [6.45, 7) is 3.31. The molecular formula is C8H9FN2O2S. The zero-order valence-corrected chi connectivity index (χ0v) is 8.09. The minimum absolute atomic E-state index is 0.190. The Labute approximate surface area is 81.5 Å². The Kier molecular flexibility index (Phi) is 3.19. The molecule has 0 unspecified atom stereocenters. The van der Waals surface area contributed by atoms with Crippen molar-refractivity contribution in [3.63, 3.8) is 0 Å². The smallest absolute Gasteiger partial charge is 0.236 e. The van der Waals surface area contributed by atoms with E-state index in [0.29, 0.717) is 0 Å². The number of hydrogen-bond acceptors (Lipinski definition) is 3. The fourth-order valence-electron chi connectivity index (χ4n) is 0.813. The molecule has 0 atom stereocenters. The lowest BCUT2D eigenvalue weighted by atomic mass is 10.4. The first-order valence-corrected chi connectivity index (χ1v) is 5.42. The number of halogens is 1. The molecule has 1 N–H and O–H groups in total. The number of nitrogens with one attached hydrogen (secondary N) is 1. The van der Waals surface area contributed by atoms with Gasteiger partial charge in [0.05, 0.1) is 17.6 Å². The summed E-state index contributed by atoms with van der Waals surface area (Å²) >= 11 is 0. The molecule has 14 heavy (non-hydrogen) atoms. The highest BCUT2D eigenvalue weighted by molar-refractivity contribution is 7.92. The molecule has 1 heterocycles. The number of rotatable bonds is 4. The zero-order chi connectivity index (χ0) is 10.6. The third-order valence-electron chi connectivity index (χ3n) is 1.34. The molecular weight excluding hydrogens is 207 g/mol. The molecule has 0 bridgehead atoms. The van der Waals surface area contributed by atoms with E-state index in [-0.39, 0.29) is 11.4 Å². The second kappa shape index (κ2) is 4.19. The van der Waals surface area contributed by atoms with Crippen molar-refractivity contribution in [2.24, 2.45) is 0 Å². The van der Waals surface area contributed by atoms with Crippen LogP contribution in [0.3, 0.4) is 0 Å². The summed E-state index contributed by atoms with van der Waals surface area (Å²) < 4.78 is 36.9. The molecule has 0 aliphatic carbocycles. The second-order valence-corrected chi connectivity index (χ2v) is 4.31. The van der Waals surface area contributed by atoms with Crippen LogP contribution in [-0.4, -0.2) is 19.2 Å². The van der Waals surface area contributed by atoms with Crippen LogP contribution in [0.2, 0.25) is 0 Å². The minimum Gasteiger partial charge on any atom is -0.282 e. The van der Waals surface area contributed by atoms with Crippen LogP contribution in [-0.2, 0) is 10.0 Å². The monoisotopic (exact) mass is 216 g/mol. The highest BCUT2D eigenvalue weighted by Crippen LogP contribution is 2.07. The van der Waals surface area contributed by atoms with Gasteiger partial charge in [-0.1, -0.05) is 6.08 Å². The Morgan fingerprint density at radius 3 is 2.79 bits per heavy atom. The second-order valence-electron chi connectivity index (χ2n) is 2.54. The summed E-state index contributed by atoms with van der Waals surface area (Å²) in [4.78, 5) is 3.30. The molecule has 0 aliphatic rings. The molecule has 1 aromatic heterocycles. The molecule has 0 fully saturated rings. The van der Waals surface area contributed by atoms with Gasteiger partial charge in [-0.05, 0) is 12.1 Å². The van der Waals surface area contributed by atoms with E-state index in [4.69, 9.17) is 0 Å². The van der Waals surface area contributed by atoms with E-state index >= 15 is 0 Å². The van der Waals surface area contributed by atoms with Crippen LogP contribution in [0.5, 0.6) is 0 Å². The van der Waals surface area contributed by atoms with Crippen LogP contribution < -0.4 is 4.72 Å². The molecule has 0 spiro atoms. The van der Waals surface area contributed by atoms with Gasteiger partial charge in [-0.25, -0.2) is 13.4 Å². The van der Waals surface area contributed by atoms with E-state index in [9.17, 15) is 12.8 Å².